The van der Waals surface area contributed by atoms with Crippen molar-refractivity contribution in [1.29, 1.82) is 0 Å². The Morgan fingerprint density at radius 2 is 1.50 bits per heavy atom. The molecule has 0 amide bonds. The van der Waals surface area contributed by atoms with Gasteiger partial charge in [-0.1, -0.05) is 33.6 Å². The Kier molecular flexibility index (Phi) is 4.58. The molecule has 0 saturated heterocycles. The van der Waals surface area contributed by atoms with Crippen molar-refractivity contribution in [2.75, 3.05) is 0 Å². The Hall–Kier alpha value is -0.830. The van der Waals surface area contributed by atoms with E-state index in [1.54, 1.807) is 0 Å². The van der Waals surface area contributed by atoms with Crippen LogP contribution in [0.2, 0.25) is 5.02 Å². The molecule has 0 saturated carbocycles. The lowest BCUT2D eigenvalue weighted by Crippen LogP contribution is -2.16. The summed E-state index contributed by atoms with van der Waals surface area (Å²) < 4.78 is 0.954. The zero-order valence-electron chi connectivity index (χ0n) is 12.2. The van der Waals surface area contributed by atoms with Crippen molar-refractivity contribution >= 4 is 27.5 Å². The minimum absolute atomic E-state index is 0.163. The van der Waals surface area contributed by atoms with E-state index >= 15 is 0 Å². The molecule has 0 heterocycles. The SMILES string of the molecule is Cc1cc(C)c(C)c(C(N)c2cc(Cl)cc(Br)c2)c1C. The molecule has 2 rings (SSSR count). The molecule has 0 spiro atoms. The van der Waals surface area contributed by atoms with Gasteiger partial charge in [-0.15, -0.1) is 0 Å². The molecule has 0 fully saturated rings. The lowest BCUT2D eigenvalue weighted by Gasteiger charge is -2.22. The van der Waals surface area contributed by atoms with E-state index in [1.807, 2.05) is 18.2 Å². The molecule has 0 aliphatic heterocycles. The summed E-state index contributed by atoms with van der Waals surface area (Å²) in [5.41, 5.74) is 13.8. The summed E-state index contributed by atoms with van der Waals surface area (Å²) in [5.74, 6) is 0. The average molecular weight is 353 g/mol. The predicted octanol–water partition coefficient (Wildman–Crippen LogP) is 5.38. The van der Waals surface area contributed by atoms with Gasteiger partial charge in [0.15, 0.2) is 0 Å². The smallest absolute Gasteiger partial charge is 0.0558 e. The van der Waals surface area contributed by atoms with Crippen molar-refractivity contribution in [3.8, 4) is 0 Å². The molecule has 3 heteroatoms. The van der Waals surface area contributed by atoms with Crippen LogP contribution < -0.4 is 5.73 Å². The first-order chi connectivity index (χ1) is 9.31. The Balaban J connectivity index is 2.61. The van der Waals surface area contributed by atoms with Crippen LogP contribution in [0, 0.1) is 27.7 Å². The fourth-order valence-corrected chi connectivity index (χ4v) is 3.52. The average Bonchev–Trinajstić information content (AvgIpc) is 2.35. The largest absolute Gasteiger partial charge is 0.320 e. The van der Waals surface area contributed by atoms with Gasteiger partial charge in [0.25, 0.3) is 0 Å². The number of nitrogens with two attached hydrogens (primary N) is 1. The van der Waals surface area contributed by atoms with E-state index in [1.165, 1.54) is 27.8 Å². The highest BCUT2D eigenvalue weighted by Gasteiger charge is 2.17. The lowest BCUT2D eigenvalue weighted by atomic mass is 9.87. The van der Waals surface area contributed by atoms with Crippen LogP contribution in [0.3, 0.4) is 0 Å². The summed E-state index contributed by atoms with van der Waals surface area (Å²) >= 11 is 9.62. The van der Waals surface area contributed by atoms with E-state index < -0.39 is 0 Å². The first-order valence-electron chi connectivity index (χ1n) is 6.60. The number of aryl methyl sites for hydroxylation is 2. The molecule has 0 aromatic heterocycles. The van der Waals surface area contributed by atoms with E-state index in [4.69, 9.17) is 17.3 Å². The van der Waals surface area contributed by atoms with Crippen LogP contribution in [0.1, 0.15) is 39.4 Å². The van der Waals surface area contributed by atoms with Crippen LogP contribution in [-0.2, 0) is 0 Å². The van der Waals surface area contributed by atoms with E-state index in [-0.39, 0.29) is 6.04 Å². The molecular formula is C17H19BrClN. The molecule has 1 unspecified atom stereocenters. The van der Waals surface area contributed by atoms with Crippen molar-refractivity contribution in [1.82, 2.24) is 0 Å². The Bertz CT molecular complexity index is 618. The van der Waals surface area contributed by atoms with Crippen molar-refractivity contribution in [2.45, 2.75) is 33.7 Å². The van der Waals surface area contributed by atoms with Gasteiger partial charge < -0.3 is 5.73 Å². The molecule has 1 nitrogen and oxygen atoms in total. The van der Waals surface area contributed by atoms with Crippen molar-refractivity contribution in [3.63, 3.8) is 0 Å². The third-order valence-corrected chi connectivity index (χ3v) is 4.66. The van der Waals surface area contributed by atoms with Gasteiger partial charge >= 0.3 is 0 Å². The molecular weight excluding hydrogens is 334 g/mol. The topological polar surface area (TPSA) is 26.0 Å². The van der Waals surface area contributed by atoms with Crippen LogP contribution >= 0.6 is 27.5 Å². The molecule has 0 radical (unpaired) electrons. The molecule has 0 aliphatic rings. The van der Waals surface area contributed by atoms with Crippen LogP contribution in [0.4, 0.5) is 0 Å². The van der Waals surface area contributed by atoms with Crippen LogP contribution in [0.5, 0.6) is 0 Å². The maximum absolute atomic E-state index is 6.51. The number of halogens is 2. The first-order valence-corrected chi connectivity index (χ1v) is 7.77. The zero-order valence-corrected chi connectivity index (χ0v) is 14.6. The van der Waals surface area contributed by atoms with Gasteiger partial charge in [0.05, 0.1) is 6.04 Å². The van der Waals surface area contributed by atoms with E-state index in [2.05, 4.69) is 49.7 Å². The molecule has 1 atom stereocenters. The lowest BCUT2D eigenvalue weighted by molar-refractivity contribution is 0.844. The van der Waals surface area contributed by atoms with Crippen LogP contribution in [0.25, 0.3) is 0 Å². The highest BCUT2D eigenvalue weighted by atomic mass is 79.9. The van der Waals surface area contributed by atoms with Gasteiger partial charge in [-0.3, -0.25) is 0 Å². The van der Waals surface area contributed by atoms with Gasteiger partial charge in [0.1, 0.15) is 0 Å². The fourth-order valence-electron chi connectivity index (χ4n) is 2.64. The Labute approximate surface area is 134 Å². The second-order valence-electron chi connectivity index (χ2n) is 5.35. The maximum Gasteiger partial charge on any atom is 0.0558 e. The fraction of sp³-hybridized carbons (Fsp3) is 0.294. The monoisotopic (exact) mass is 351 g/mol. The third-order valence-electron chi connectivity index (χ3n) is 3.98. The molecule has 0 aliphatic carbocycles. The first kappa shape index (κ1) is 15.6. The molecule has 2 N–H and O–H groups in total. The summed E-state index contributed by atoms with van der Waals surface area (Å²) in [6.07, 6.45) is 0. The van der Waals surface area contributed by atoms with Crippen molar-refractivity contribution in [3.05, 3.63) is 67.1 Å². The van der Waals surface area contributed by atoms with Crippen molar-refractivity contribution < 1.29 is 0 Å². The van der Waals surface area contributed by atoms with Crippen molar-refractivity contribution in [2.24, 2.45) is 5.73 Å². The van der Waals surface area contributed by atoms with Crippen LogP contribution in [-0.4, -0.2) is 0 Å². The standard InChI is InChI=1S/C17H19BrClN/c1-9-5-10(2)12(4)16(11(9)3)17(20)13-6-14(18)8-15(19)7-13/h5-8,17H,20H2,1-4H3. The number of rotatable bonds is 2. The number of hydrogen-bond donors (Lipinski definition) is 1. The normalized spacial score (nSPS) is 12.6. The maximum atomic E-state index is 6.51. The molecule has 20 heavy (non-hydrogen) atoms. The third kappa shape index (κ3) is 2.93. The van der Waals surface area contributed by atoms with Gasteiger partial charge in [-0.05, 0) is 79.3 Å². The molecule has 0 bridgehead atoms. The number of hydrogen-bond acceptors (Lipinski definition) is 1. The van der Waals surface area contributed by atoms with Gasteiger partial charge in [-0.2, -0.15) is 0 Å². The van der Waals surface area contributed by atoms with E-state index in [0.717, 1.165) is 10.0 Å². The summed E-state index contributed by atoms with van der Waals surface area (Å²) in [6.45, 7) is 8.53. The van der Waals surface area contributed by atoms with Crippen LogP contribution in [0.15, 0.2) is 28.7 Å². The summed E-state index contributed by atoms with van der Waals surface area (Å²) in [5, 5.41) is 0.699. The summed E-state index contributed by atoms with van der Waals surface area (Å²) in [4.78, 5) is 0. The van der Waals surface area contributed by atoms with E-state index in [9.17, 15) is 0 Å². The zero-order chi connectivity index (χ0) is 15.0. The second-order valence-corrected chi connectivity index (χ2v) is 6.71. The summed E-state index contributed by atoms with van der Waals surface area (Å²) in [6, 6.07) is 7.90. The number of benzene rings is 2. The predicted molar refractivity (Wildman–Crippen MR) is 90.6 cm³/mol. The Morgan fingerprint density at radius 1 is 0.950 bits per heavy atom. The highest BCUT2D eigenvalue weighted by molar-refractivity contribution is 9.10. The molecule has 2 aromatic rings. The minimum Gasteiger partial charge on any atom is -0.320 e. The quantitative estimate of drug-likeness (QED) is 0.771. The summed E-state index contributed by atoms with van der Waals surface area (Å²) in [7, 11) is 0. The molecule has 106 valence electrons. The molecule has 2 aromatic carbocycles. The second kappa shape index (κ2) is 5.88. The highest BCUT2D eigenvalue weighted by Crippen LogP contribution is 2.32. The van der Waals surface area contributed by atoms with Gasteiger partial charge in [0.2, 0.25) is 0 Å². The Morgan fingerprint density at radius 3 is 2.00 bits per heavy atom. The van der Waals surface area contributed by atoms with Gasteiger partial charge in [-0.25, -0.2) is 0 Å². The van der Waals surface area contributed by atoms with Gasteiger partial charge in [0, 0.05) is 9.50 Å². The minimum atomic E-state index is -0.163. The van der Waals surface area contributed by atoms with E-state index in [0.29, 0.717) is 5.02 Å².